The van der Waals surface area contributed by atoms with E-state index in [-0.39, 0.29) is 25.3 Å². The van der Waals surface area contributed by atoms with Crippen molar-refractivity contribution in [2.75, 3.05) is 13.7 Å². The smallest absolute Gasteiger partial charge is 0.411 e. The number of aliphatic imine (C=N–C) groups is 1. The first kappa shape index (κ1) is 25.9. The number of nitrogens with zero attached hydrogens (tertiary/aromatic N) is 2. The summed E-state index contributed by atoms with van der Waals surface area (Å²) < 4.78 is 10.5. The molecular weight excluding hydrogens is 452 g/mol. The lowest BCUT2D eigenvalue weighted by Crippen LogP contribution is -2.56. The van der Waals surface area contributed by atoms with E-state index in [2.05, 4.69) is 15.3 Å². The van der Waals surface area contributed by atoms with E-state index in [9.17, 15) is 14.4 Å². The van der Waals surface area contributed by atoms with Crippen molar-refractivity contribution in [3.05, 3.63) is 35.5 Å². The Morgan fingerprint density at radius 1 is 1.26 bits per heavy atom. The van der Waals surface area contributed by atoms with Gasteiger partial charge in [0.1, 0.15) is 17.7 Å². The number of benzene rings is 1. The normalized spacial score (nSPS) is 16.2. The predicted octanol–water partition coefficient (Wildman–Crippen LogP) is 1.54. The average molecular weight is 487 g/mol. The number of para-hydroxylation sites is 1. The van der Waals surface area contributed by atoms with Crippen molar-refractivity contribution in [3.8, 4) is 0 Å². The van der Waals surface area contributed by atoms with Crippen LogP contribution in [-0.4, -0.2) is 65.2 Å². The molecule has 1 aliphatic heterocycles. The molecule has 2 amide bonds. The van der Waals surface area contributed by atoms with E-state index in [0.717, 1.165) is 22.2 Å². The summed E-state index contributed by atoms with van der Waals surface area (Å²) in [7, 11) is 1.25. The third-order valence-electron chi connectivity index (χ3n) is 5.68. The van der Waals surface area contributed by atoms with Crippen LogP contribution in [0.25, 0.3) is 10.9 Å². The molecular formula is C24H34N6O5. The summed E-state index contributed by atoms with van der Waals surface area (Å²) in [5, 5.41) is 3.75. The maximum absolute atomic E-state index is 13.5. The Morgan fingerprint density at radius 3 is 2.63 bits per heavy atom. The van der Waals surface area contributed by atoms with Crippen LogP contribution in [0.2, 0.25) is 0 Å². The molecule has 1 aromatic carbocycles. The fourth-order valence-corrected chi connectivity index (χ4v) is 4.12. The van der Waals surface area contributed by atoms with Gasteiger partial charge in [0.15, 0.2) is 5.96 Å². The number of carbonyl (C=O) groups excluding carboxylic acids is 3. The highest BCUT2D eigenvalue weighted by atomic mass is 16.6. The van der Waals surface area contributed by atoms with Crippen molar-refractivity contribution in [3.63, 3.8) is 0 Å². The number of aromatic amines is 1. The molecule has 1 aliphatic rings. The van der Waals surface area contributed by atoms with Crippen molar-refractivity contribution in [1.29, 1.82) is 0 Å². The molecule has 2 aromatic rings. The number of aromatic nitrogens is 1. The van der Waals surface area contributed by atoms with Gasteiger partial charge in [0.2, 0.25) is 5.91 Å². The van der Waals surface area contributed by atoms with Crippen molar-refractivity contribution in [2.45, 2.75) is 64.3 Å². The first-order valence-electron chi connectivity index (χ1n) is 11.5. The lowest BCUT2D eigenvalue weighted by molar-refractivity contribution is -0.146. The van der Waals surface area contributed by atoms with Crippen LogP contribution in [0.1, 0.15) is 44.9 Å². The van der Waals surface area contributed by atoms with Gasteiger partial charge in [-0.25, -0.2) is 9.59 Å². The van der Waals surface area contributed by atoms with Crippen molar-refractivity contribution >= 4 is 34.8 Å². The molecule has 0 radical (unpaired) electrons. The monoisotopic (exact) mass is 486 g/mol. The molecule has 0 spiro atoms. The first-order chi connectivity index (χ1) is 16.5. The van der Waals surface area contributed by atoms with Gasteiger partial charge in [0.05, 0.1) is 13.7 Å². The van der Waals surface area contributed by atoms with E-state index in [4.69, 9.17) is 20.9 Å². The number of hydrogen-bond donors (Lipinski definition) is 4. The Balaban J connectivity index is 1.86. The van der Waals surface area contributed by atoms with E-state index >= 15 is 0 Å². The lowest BCUT2D eigenvalue weighted by Gasteiger charge is -2.36. The van der Waals surface area contributed by atoms with Gasteiger partial charge in [-0.05, 0) is 45.2 Å². The molecule has 0 aliphatic carbocycles. The number of methoxy groups -OCH3 is 1. The van der Waals surface area contributed by atoms with Crippen molar-refractivity contribution in [1.82, 2.24) is 15.2 Å². The fraction of sp³-hybridized carbons (Fsp3) is 0.500. The Hall–Kier alpha value is -3.76. The molecule has 1 aromatic heterocycles. The highest BCUT2D eigenvalue weighted by molar-refractivity contribution is 5.92. The van der Waals surface area contributed by atoms with Gasteiger partial charge in [-0.15, -0.1) is 0 Å². The summed E-state index contributed by atoms with van der Waals surface area (Å²) in [5.74, 6) is -1.10. The van der Waals surface area contributed by atoms with Crippen LogP contribution in [0.15, 0.2) is 29.3 Å². The topological polar surface area (TPSA) is 165 Å². The molecule has 0 unspecified atom stereocenters. The Bertz CT molecular complexity index is 1120. The molecule has 0 saturated carbocycles. The highest BCUT2D eigenvalue weighted by Gasteiger charge is 2.39. The summed E-state index contributed by atoms with van der Waals surface area (Å²) in [5.41, 5.74) is 12.7. The van der Waals surface area contributed by atoms with E-state index in [1.807, 2.05) is 24.3 Å². The van der Waals surface area contributed by atoms with Crippen molar-refractivity contribution in [2.24, 2.45) is 16.5 Å². The maximum Gasteiger partial charge on any atom is 0.411 e. The summed E-state index contributed by atoms with van der Waals surface area (Å²) in [6, 6.07) is 5.99. The number of fused-ring (bicyclic) bond motifs is 3. The molecule has 6 N–H and O–H groups in total. The number of rotatable bonds is 7. The van der Waals surface area contributed by atoms with Crippen LogP contribution in [0, 0.1) is 0 Å². The number of nitrogens with one attached hydrogen (secondary N) is 2. The van der Waals surface area contributed by atoms with Gasteiger partial charge in [0.25, 0.3) is 0 Å². The van der Waals surface area contributed by atoms with E-state index in [1.165, 1.54) is 12.0 Å². The molecule has 2 atom stereocenters. The molecule has 190 valence electrons. The first-order valence-corrected chi connectivity index (χ1v) is 11.5. The summed E-state index contributed by atoms with van der Waals surface area (Å²) in [6.45, 7) is 5.77. The van der Waals surface area contributed by atoms with Gasteiger partial charge in [-0.3, -0.25) is 14.7 Å². The van der Waals surface area contributed by atoms with Gasteiger partial charge in [-0.1, -0.05) is 18.2 Å². The Kier molecular flexibility index (Phi) is 7.88. The number of carbonyl (C=O) groups is 3. The molecule has 0 fully saturated rings. The van der Waals surface area contributed by atoms with Crippen LogP contribution in [0.3, 0.4) is 0 Å². The minimum atomic E-state index is -0.911. The average Bonchev–Trinajstić information content (AvgIpc) is 3.16. The van der Waals surface area contributed by atoms with Gasteiger partial charge < -0.3 is 31.2 Å². The summed E-state index contributed by atoms with van der Waals surface area (Å²) in [6.07, 6.45) is 0.383. The van der Waals surface area contributed by atoms with Crippen LogP contribution in [0.5, 0.6) is 0 Å². The minimum Gasteiger partial charge on any atom is -0.467 e. The molecule has 11 heteroatoms. The molecule has 0 saturated heterocycles. The van der Waals surface area contributed by atoms with Crippen molar-refractivity contribution < 1.29 is 23.9 Å². The third kappa shape index (κ3) is 6.43. The number of ether oxygens (including phenoxy) is 2. The van der Waals surface area contributed by atoms with Gasteiger partial charge >= 0.3 is 12.1 Å². The van der Waals surface area contributed by atoms with Crippen LogP contribution in [-0.2, 0) is 32.0 Å². The molecule has 11 nitrogen and oxygen atoms in total. The van der Waals surface area contributed by atoms with E-state index in [1.54, 1.807) is 20.8 Å². The number of esters is 1. The third-order valence-corrected chi connectivity index (χ3v) is 5.68. The second-order valence-corrected chi connectivity index (χ2v) is 9.49. The maximum atomic E-state index is 13.5. The predicted molar refractivity (Wildman–Crippen MR) is 131 cm³/mol. The molecule has 2 heterocycles. The SMILES string of the molecule is COC(=O)[C@H](CCCN=C(N)N)NC(=O)[C@@H]1Cc2c([nH]c3ccccc23)CN1C(=O)OC(C)(C)C. The second kappa shape index (κ2) is 10.7. The number of hydrogen-bond acceptors (Lipinski definition) is 6. The highest BCUT2D eigenvalue weighted by Crippen LogP contribution is 2.31. The summed E-state index contributed by atoms with van der Waals surface area (Å²) in [4.78, 5) is 47.6. The Labute approximate surface area is 204 Å². The number of amides is 2. The standard InChI is InChI=1S/C24H34N6O5/c1-24(2,3)35-23(33)30-13-18-15(14-8-5-6-9-16(14)28-18)12-19(30)20(31)29-17(21(32)34-4)10-7-11-27-22(25)26/h5-6,8-9,17,19,28H,7,10-13H2,1-4H3,(H,29,31)(H4,25,26,27)/t17-,19-/m0/s1. The van der Waals surface area contributed by atoms with Gasteiger partial charge in [-0.2, -0.15) is 0 Å². The van der Waals surface area contributed by atoms with Crippen LogP contribution in [0.4, 0.5) is 4.79 Å². The van der Waals surface area contributed by atoms with E-state index < -0.39 is 35.7 Å². The zero-order valence-corrected chi connectivity index (χ0v) is 20.6. The Morgan fingerprint density at radius 2 is 1.97 bits per heavy atom. The van der Waals surface area contributed by atoms with Gasteiger partial charge in [0, 0.05) is 29.6 Å². The lowest BCUT2D eigenvalue weighted by atomic mass is 9.96. The molecule has 3 rings (SSSR count). The zero-order valence-electron chi connectivity index (χ0n) is 20.6. The second-order valence-electron chi connectivity index (χ2n) is 9.49. The number of nitrogens with two attached hydrogens (primary N) is 2. The number of H-pyrrole nitrogens is 1. The quantitative estimate of drug-likeness (QED) is 0.199. The van der Waals surface area contributed by atoms with Crippen LogP contribution < -0.4 is 16.8 Å². The molecule has 0 bridgehead atoms. The summed E-state index contributed by atoms with van der Waals surface area (Å²) >= 11 is 0. The fourth-order valence-electron chi connectivity index (χ4n) is 4.12. The molecule has 35 heavy (non-hydrogen) atoms. The van der Waals surface area contributed by atoms with E-state index in [0.29, 0.717) is 13.0 Å². The number of guanidine groups is 1. The minimum absolute atomic E-state index is 0.0478. The largest absolute Gasteiger partial charge is 0.467 e. The van der Waals surface area contributed by atoms with Crippen LogP contribution >= 0.6 is 0 Å². The zero-order chi connectivity index (χ0) is 25.8.